The van der Waals surface area contributed by atoms with E-state index in [9.17, 15) is 9.90 Å². The Balaban J connectivity index is 2.10. The molecule has 0 bridgehead atoms. The number of aryl methyl sites for hydroxylation is 1. The van der Waals surface area contributed by atoms with E-state index >= 15 is 0 Å². The molecule has 0 saturated heterocycles. The summed E-state index contributed by atoms with van der Waals surface area (Å²) in [6.07, 6.45) is 10.1. The molecule has 1 aromatic heterocycles. The van der Waals surface area contributed by atoms with Gasteiger partial charge in [-0.15, -0.1) is 0 Å². The van der Waals surface area contributed by atoms with Gasteiger partial charge in [0, 0.05) is 12.4 Å². The molecular weight excluding hydrogens is 288 g/mol. The zero-order valence-corrected chi connectivity index (χ0v) is 13.4. The summed E-state index contributed by atoms with van der Waals surface area (Å²) in [5.41, 5.74) is 2.26. The van der Waals surface area contributed by atoms with Gasteiger partial charge in [-0.1, -0.05) is 56.2 Å². The van der Waals surface area contributed by atoms with Crippen molar-refractivity contribution in [2.45, 2.75) is 39.0 Å². The van der Waals surface area contributed by atoms with Crippen molar-refractivity contribution >= 4 is 11.5 Å². The molecule has 4 heteroatoms. The lowest BCUT2D eigenvalue weighted by molar-refractivity contribution is -0.130. The molecule has 0 fully saturated rings. The number of carbonyl (C=O) groups is 1. The molecule has 2 aromatic rings. The Labute approximate surface area is 136 Å². The van der Waals surface area contributed by atoms with Gasteiger partial charge in [-0.05, 0) is 30.4 Å². The second-order valence-corrected chi connectivity index (χ2v) is 5.48. The predicted molar refractivity (Wildman–Crippen MR) is 91.0 cm³/mol. The van der Waals surface area contributed by atoms with Crippen molar-refractivity contribution in [3.8, 4) is 0 Å². The fourth-order valence-corrected chi connectivity index (χ4v) is 2.31. The van der Waals surface area contributed by atoms with Crippen LogP contribution in [0.25, 0.3) is 5.57 Å². The lowest BCUT2D eigenvalue weighted by Crippen LogP contribution is -2.05. The molecule has 0 aliphatic carbocycles. The van der Waals surface area contributed by atoms with Crippen LogP contribution >= 0.6 is 0 Å². The van der Waals surface area contributed by atoms with Crippen molar-refractivity contribution in [1.29, 1.82) is 0 Å². The number of aromatic nitrogens is 2. The number of aliphatic carboxylic acids is 1. The Morgan fingerprint density at radius 3 is 2.39 bits per heavy atom. The molecule has 4 nitrogen and oxygen atoms in total. The number of hydrogen-bond donors (Lipinski definition) is 1. The lowest BCUT2D eigenvalue weighted by atomic mass is 10.1. The molecular formula is C19H22N2O2. The van der Waals surface area contributed by atoms with Gasteiger partial charge in [-0.25, -0.2) is 14.8 Å². The summed E-state index contributed by atoms with van der Waals surface area (Å²) in [5.74, 6) is -0.729. The smallest absolute Gasteiger partial charge is 0.339 e. The van der Waals surface area contributed by atoms with E-state index in [4.69, 9.17) is 0 Å². The summed E-state index contributed by atoms with van der Waals surface area (Å²) >= 11 is 0. The molecule has 0 unspecified atom stereocenters. The minimum atomic E-state index is -1.00. The van der Waals surface area contributed by atoms with Crippen molar-refractivity contribution in [2.75, 3.05) is 0 Å². The van der Waals surface area contributed by atoms with Crippen LogP contribution in [0.2, 0.25) is 0 Å². The Morgan fingerprint density at radius 2 is 1.78 bits per heavy atom. The Kier molecular flexibility index (Phi) is 6.48. The van der Waals surface area contributed by atoms with Crippen LogP contribution in [0.15, 0.2) is 48.8 Å². The van der Waals surface area contributed by atoms with E-state index in [0.717, 1.165) is 24.0 Å². The topological polar surface area (TPSA) is 63.1 Å². The Hall–Kier alpha value is -2.49. The molecule has 120 valence electrons. The van der Waals surface area contributed by atoms with E-state index in [-0.39, 0.29) is 11.4 Å². The van der Waals surface area contributed by atoms with E-state index in [0.29, 0.717) is 6.42 Å². The minimum absolute atomic E-state index is 0.147. The summed E-state index contributed by atoms with van der Waals surface area (Å²) in [6, 6.07) is 9.74. The maximum atomic E-state index is 11.5. The monoisotopic (exact) mass is 310 g/mol. The van der Waals surface area contributed by atoms with Crippen molar-refractivity contribution in [1.82, 2.24) is 9.97 Å². The van der Waals surface area contributed by atoms with E-state index in [1.165, 1.54) is 12.8 Å². The standard InChI is InChI=1S/C19H22N2O2/c1-2-3-5-10-16-13-20-18(21-14-16)17(19(22)23)12-11-15-8-6-4-7-9-15/h4,6-9,12-14H,2-3,5,10-11H2,1H3,(H,22,23)/b17-12+. The van der Waals surface area contributed by atoms with Crippen molar-refractivity contribution in [2.24, 2.45) is 0 Å². The normalized spacial score (nSPS) is 11.4. The molecule has 0 amide bonds. The molecule has 1 heterocycles. The third-order valence-electron chi connectivity index (χ3n) is 3.63. The number of nitrogens with zero attached hydrogens (tertiary/aromatic N) is 2. The van der Waals surface area contributed by atoms with E-state index in [2.05, 4.69) is 16.9 Å². The summed E-state index contributed by atoms with van der Waals surface area (Å²) in [5, 5.41) is 9.40. The fourth-order valence-electron chi connectivity index (χ4n) is 2.31. The summed E-state index contributed by atoms with van der Waals surface area (Å²) in [4.78, 5) is 19.9. The first-order valence-corrected chi connectivity index (χ1v) is 7.99. The van der Waals surface area contributed by atoms with Gasteiger partial charge in [-0.2, -0.15) is 0 Å². The largest absolute Gasteiger partial charge is 0.478 e. The quantitative estimate of drug-likeness (QED) is 0.593. The van der Waals surface area contributed by atoms with Gasteiger partial charge in [0.2, 0.25) is 0 Å². The highest BCUT2D eigenvalue weighted by Gasteiger charge is 2.13. The average Bonchev–Trinajstić information content (AvgIpc) is 2.57. The third-order valence-corrected chi connectivity index (χ3v) is 3.63. The van der Waals surface area contributed by atoms with Gasteiger partial charge in [0.25, 0.3) is 0 Å². The summed E-state index contributed by atoms with van der Waals surface area (Å²) in [6.45, 7) is 2.16. The van der Waals surface area contributed by atoms with Gasteiger partial charge in [-0.3, -0.25) is 0 Å². The average molecular weight is 310 g/mol. The van der Waals surface area contributed by atoms with Gasteiger partial charge in [0.05, 0.1) is 0 Å². The number of benzene rings is 1. The number of hydrogen-bond acceptors (Lipinski definition) is 3. The van der Waals surface area contributed by atoms with Crippen LogP contribution in [0.1, 0.15) is 43.1 Å². The molecule has 0 atom stereocenters. The zero-order chi connectivity index (χ0) is 16.5. The third kappa shape index (κ3) is 5.33. The molecule has 0 aliphatic heterocycles. The number of allylic oxidation sites excluding steroid dienone is 1. The molecule has 0 spiro atoms. The van der Waals surface area contributed by atoms with Gasteiger partial charge in [0.1, 0.15) is 5.57 Å². The van der Waals surface area contributed by atoms with Crippen LogP contribution in [0.3, 0.4) is 0 Å². The molecule has 1 aromatic carbocycles. The second kappa shape index (κ2) is 8.83. The molecule has 0 saturated carbocycles. The molecule has 0 radical (unpaired) electrons. The summed E-state index contributed by atoms with van der Waals surface area (Å²) in [7, 11) is 0. The Bertz CT molecular complexity index is 649. The maximum Gasteiger partial charge on any atom is 0.339 e. The van der Waals surface area contributed by atoms with Crippen molar-refractivity contribution in [3.05, 3.63) is 65.8 Å². The van der Waals surface area contributed by atoms with Crippen LogP contribution in [0.5, 0.6) is 0 Å². The highest BCUT2D eigenvalue weighted by Crippen LogP contribution is 2.13. The number of rotatable bonds is 8. The van der Waals surface area contributed by atoms with E-state index < -0.39 is 5.97 Å². The van der Waals surface area contributed by atoms with Crippen LogP contribution in [0, 0.1) is 0 Å². The van der Waals surface area contributed by atoms with Gasteiger partial charge in [0.15, 0.2) is 5.82 Å². The fraction of sp³-hybridized carbons (Fsp3) is 0.316. The number of unbranched alkanes of at least 4 members (excludes halogenated alkanes) is 2. The first kappa shape index (κ1) is 16.9. The zero-order valence-electron chi connectivity index (χ0n) is 13.4. The van der Waals surface area contributed by atoms with Crippen molar-refractivity contribution in [3.63, 3.8) is 0 Å². The van der Waals surface area contributed by atoms with E-state index in [1.807, 2.05) is 30.3 Å². The van der Waals surface area contributed by atoms with Crippen LogP contribution in [-0.2, 0) is 17.6 Å². The van der Waals surface area contributed by atoms with E-state index in [1.54, 1.807) is 18.5 Å². The second-order valence-electron chi connectivity index (χ2n) is 5.48. The number of carboxylic acids is 1. The lowest BCUT2D eigenvalue weighted by Gasteiger charge is -2.04. The van der Waals surface area contributed by atoms with Gasteiger partial charge >= 0.3 is 5.97 Å². The molecule has 1 N–H and O–H groups in total. The van der Waals surface area contributed by atoms with Gasteiger partial charge < -0.3 is 5.11 Å². The van der Waals surface area contributed by atoms with Crippen LogP contribution in [-0.4, -0.2) is 21.0 Å². The van der Waals surface area contributed by atoms with Crippen LogP contribution in [0.4, 0.5) is 0 Å². The molecule has 23 heavy (non-hydrogen) atoms. The first-order chi connectivity index (χ1) is 11.2. The molecule has 0 aliphatic rings. The first-order valence-electron chi connectivity index (χ1n) is 7.99. The predicted octanol–water partition coefficient (Wildman–Crippen LogP) is 3.92. The van der Waals surface area contributed by atoms with Crippen molar-refractivity contribution < 1.29 is 9.90 Å². The highest BCUT2D eigenvalue weighted by molar-refractivity contribution is 6.14. The summed E-state index contributed by atoms with van der Waals surface area (Å²) < 4.78 is 0. The van der Waals surface area contributed by atoms with Crippen LogP contribution < -0.4 is 0 Å². The number of carboxylic acid groups (broad SMARTS) is 1. The molecule has 2 rings (SSSR count). The highest BCUT2D eigenvalue weighted by atomic mass is 16.4. The minimum Gasteiger partial charge on any atom is -0.478 e. The Morgan fingerprint density at radius 1 is 1.09 bits per heavy atom. The maximum absolute atomic E-state index is 11.5. The SMILES string of the molecule is CCCCCc1cnc(/C(=C\Cc2ccccc2)C(=O)O)nc1.